The number of hydrogen-bond acceptors (Lipinski definition) is 4. The average Bonchev–Trinajstić information content (AvgIpc) is 2.05. The monoisotopic (exact) mass is 175 g/mol. The lowest BCUT2D eigenvalue weighted by Gasteiger charge is -2.13. The van der Waals surface area contributed by atoms with E-state index in [0.717, 1.165) is 19.4 Å². The second-order valence-corrected chi connectivity index (χ2v) is 2.74. The highest BCUT2D eigenvalue weighted by molar-refractivity contribution is 5.71. The first kappa shape index (κ1) is 11.4. The molecular weight excluding hydrogens is 158 g/mol. The van der Waals surface area contributed by atoms with Gasteiger partial charge < -0.3 is 9.84 Å². The lowest BCUT2D eigenvalue weighted by atomic mass is 10.3. The Bertz CT molecular complexity index is 127. The molecule has 0 radical (unpaired) electrons. The van der Waals surface area contributed by atoms with Crippen LogP contribution in [0, 0.1) is 0 Å². The topological polar surface area (TPSA) is 49.8 Å². The highest BCUT2D eigenvalue weighted by atomic mass is 16.5. The summed E-state index contributed by atoms with van der Waals surface area (Å²) in [5.74, 6) is -0.221. The van der Waals surface area contributed by atoms with Gasteiger partial charge in [-0.25, -0.2) is 0 Å². The molecule has 0 saturated carbocycles. The Hall–Kier alpha value is -0.610. The molecule has 0 saturated heterocycles. The maximum Gasteiger partial charge on any atom is 0.319 e. The summed E-state index contributed by atoms with van der Waals surface area (Å²) in [5.41, 5.74) is 0. The maximum atomic E-state index is 10.7. The number of hydrogen-bond donors (Lipinski definition) is 1. The Morgan fingerprint density at radius 2 is 2.17 bits per heavy atom. The minimum Gasteiger partial charge on any atom is -0.468 e. The fraction of sp³-hybridized carbons (Fsp3) is 0.875. The zero-order chi connectivity index (χ0) is 9.40. The van der Waals surface area contributed by atoms with Gasteiger partial charge in [0.05, 0.1) is 13.7 Å². The summed E-state index contributed by atoms with van der Waals surface area (Å²) in [4.78, 5) is 12.6. The van der Waals surface area contributed by atoms with E-state index in [9.17, 15) is 4.79 Å². The van der Waals surface area contributed by atoms with Gasteiger partial charge in [0, 0.05) is 6.61 Å². The second kappa shape index (κ2) is 7.06. The molecule has 0 aromatic rings. The van der Waals surface area contributed by atoms with Gasteiger partial charge in [-0.3, -0.25) is 9.69 Å². The predicted octanol–water partition coefficient (Wildman–Crippen LogP) is -0.136. The first-order valence-corrected chi connectivity index (χ1v) is 4.07. The lowest BCUT2D eigenvalue weighted by Crippen LogP contribution is -2.27. The smallest absolute Gasteiger partial charge is 0.319 e. The zero-order valence-electron chi connectivity index (χ0n) is 7.75. The molecule has 0 aliphatic rings. The first-order chi connectivity index (χ1) is 5.70. The van der Waals surface area contributed by atoms with Gasteiger partial charge in [-0.2, -0.15) is 0 Å². The van der Waals surface area contributed by atoms with Crippen molar-refractivity contribution in [1.29, 1.82) is 0 Å². The minimum absolute atomic E-state index is 0.214. The van der Waals surface area contributed by atoms with Crippen LogP contribution < -0.4 is 0 Å². The van der Waals surface area contributed by atoms with Crippen LogP contribution in [0.3, 0.4) is 0 Å². The second-order valence-electron chi connectivity index (χ2n) is 2.74. The molecule has 0 amide bonds. The van der Waals surface area contributed by atoms with Gasteiger partial charge in [-0.15, -0.1) is 0 Å². The molecule has 0 fully saturated rings. The third-order valence-electron chi connectivity index (χ3n) is 1.57. The van der Waals surface area contributed by atoms with Crippen LogP contribution in [-0.4, -0.2) is 49.8 Å². The number of carbonyl (C=O) groups is 1. The molecule has 0 aliphatic carbocycles. The van der Waals surface area contributed by atoms with Crippen molar-refractivity contribution in [2.75, 3.05) is 33.9 Å². The van der Waals surface area contributed by atoms with E-state index < -0.39 is 0 Å². The van der Waals surface area contributed by atoms with Crippen molar-refractivity contribution in [3.05, 3.63) is 0 Å². The van der Waals surface area contributed by atoms with Gasteiger partial charge in [0.1, 0.15) is 0 Å². The molecule has 0 unspecified atom stereocenters. The number of methoxy groups -OCH3 is 1. The molecular formula is C8H17NO3. The zero-order valence-corrected chi connectivity index (χ0v) is 7.75. The Labute approximate surface area is 73.1 Å². The van der Waals surface area contributed by atoms with Crippen LogP contribution in [0.1, 0.15) is 12.8 Å². The largest absolute Gasteiger partial charge is 0.468 e. The standard InChI is InChI=1S/C8H17NO3/c1-9(5-3-4-6-10)7-8(11)12-2/h10H,3-7H2,1-2H3. The number of unbranched alkanes of at least 4 members (excludes halogenated alkanes) is 1. The summed E-state index contributed by atoms with van der Waals surface area (Å²) < 4.78 is 4.50. The van der Waals surface area contributed by atoms with E-state index >= 15 is 0 Å². The van der Waals surface area contributed by atoms with Crippen LogP contribution in [0.25, 0.3) is 0 Å². The van der Waals surface area contributed by atoms with Crippen LogP contribution in [0.2, 0.25) is 0 Å². The SMILES string of the molecule is COC(=O)CN(C)CCCCO. The number of aliphatic hydroxyl groups excluding tert-OH is 1. The minimum atomic E-state index is -0.221. The van der Waals surface area contributed by atoms with E-state index in [1.165, 1.54) is 7.11 Å². The van der Waals surface area contributed by atoms with E-state index in [0.29, 0.717) is 6.54 Å². The van der Waals surface area contributed by atoms with E-state index in [4.69, 9.17) is 5.11 Å². The molecule has 4 heteroatoms. The van der Waals surface area contributed by atoms with Gasteiger partial charge in [0.25, 0.3) is 0 Å². The molecule has 1 N–H and O–H groups in total. The summed E-state index contributed by atoms with van der Waals surface area (Å²) in [6.45, 7) is 1.35. The molecule has 0 aromatic heterocycles. The van der Waals surface area contributed by atoms with Crippen molar-refractivity contribution in [1.82, 2.24) is 4.90 Å². The third-order valence-corrected chi connectivity index (χ3v) is 1.57. The quantitative estimate of drug-likeness (QED) is 0.451. The molecule has 0 aliphatic heterocycles. The number of likely N-dealkylation sites (N-methyl/N-ethyl adjacent to an activating group) is 1. The Balaban J connectivity index is 3.32. The summed E-state index contributed by atoms with van der Waals surface area (Å²) >= 11 is 0. The van der Waals surface area contributed by atoms with Crippen LogP contribution in [0.5, 0.6) is 0 Å². The maximum absolute atomic E-state index is 10.7. The molecule has 0 atom stereocenters. The third kappa shape index (κ3) is 6.12. The molecule has 72 valence electrons. The molecule has 0 spiro atoms. The van der Waals surface area contributed by atoms with Crippen molar-refractivity contribution < 1.29 is 14.6 Å². The van der Waals surface area contributed by atoms with E-state index in [-0.39, 0.29) is 12.6 Å². The lowest BCUT2D eigenvalue weighted by molar-refractivity contribution is -0.141. The van der Waals surface area contributed by atoms with Gasteiger partial charge >= 0.3 is 5.97 Å². The average molecular weight is 175 g/mol. The van der Waals surface area contributed by atoms with E-state index in [1.54, 1.807) is 0 Å². The van der Waals surface area contributed by atoms with Crippen molar-refractivity contribution in [2.45, 2.75) is 12.8 Å². The molecule has 0 bridgehead atoms. The summed E-state index contributed by atoms with van der Waals surface area (Å²) in [7, 11) is 3.23. The number of ether oxygens (including phenoxy) is 1. The van der Waals surface area contributed by atoms with Crippen molar-refractivity contribution >= 4 is 5.97 Å². The fourth-order valence-corrected chi connectivity index (χ4v) is 0.858. The number of nitrogens with zero attached hydrogens (tertiary/aromatic N) is 1. The summed E-state index contributed by atoms with van der Waals surface area (Å²) in [6, 6.07) is 0. The Morgan fingerprint density at radius 3 is 2.67 bits per heavy atom. The number of aliphatic hydroxyl groups is 1. The van der Waals surface area contributed by atoms with E-state index in [2.05, 4.69) is 4.74 Å². The van der Waals surface area contributed by atoms with Gasteiger partial charge in [0.15, 0.2) is 0 Å². The fourth-order valence-electron chi connectivity index (χ4n) is 0.858. The summed E-state index contributed by atoms with van der Waals surface area (Å²) in [6.07, 6.45) is 1.69. The first-order valence-electron chi connectivity index (χ1n) is 4.07. The molecule has 0 heterocycles. The van der Waals surface area contributed by atoms with Crippen LogP contribution in [0.15, 0.2) is 0 Å². The molecule has 0 rings (SSSR count). The van der Waals surface area contributed by atoms with Crippen LogP contribution in [0.4, 0.5) is 0 Å². The number of esters is 1. The Kier molecular flexibility index (Phi) is 6.70. The number of carbonyl (C=O) groups excluding carboxylic acids is 1. The van der Waals surface area contributed by atoms with Crippen LogP contribution in [-0.2, 0) is 9.53 Å². The summed E-state index contributed by atoms with van der Waals surface area (Å²) in [5, 5.41) is 8.50. The van der Waals surface area contributed by atoms with Gasteiger partial charge in [-0.05, 0) is 26.4 Å². The van der Waals surface area contributed by atoms with Crippen molar-refractivity contribution in [3.8, 4) is 0 Å². The predicted molar refractivity (Wildman–Crippen MR) is 45.8 cm³/mol. The van der Waals surface area contributed by atoms with Crippen molar-refractivity contribution in [2.24, 2.45) is 0 Å². The van der Waals surface area contributed by atoms with Crippen molar-refractivity contribution in [3.63, 3.8) is 0 Å². The molecule has 4 nitrogen and oxygen atoms in total. The van der Waals surface area contributed by atoms with E-state index in [1.807, 2.05) is 11.9 Å². The van der Waals surface area contributed by atoms with Gasteiger partial charge in [0.2, 0.25) is 0 Å². The van der Waals surface area contributed by atoms with Gasteiger partial charge in [-0.1, -0.05) is 0 Å². The molecule has 12 heavy (non-hydrogen) atoms. The highest BCUT2D eigenvalue weighted by Crippen LogP contribution is 1.91. The van der Waals surface area contributed by atoms with Crippen LogP contribution >= 0.6 is 0 Å². The Morgan fingerprint density at radius 1 is 1.50 bits per heavy atom. The highest BCUT2D eigenvalue weighted by Gasteiger charge is 2.04. The normalized spacial score (nSPS) is 10.3. The number of rotatable bonds is 6. The molecule has 0 aromatic carbocycles.